The minimum absolute atomic E-state index is 0.0498. The van der Waals surface area contributed by atoms with Gasteiger partial charge in [-0.2, -0.15) is 0 Å². The van der Waals surface area contributed by atoms with Crippen molar-refractivity contribution < 1.29 is 24.6 Å². The fraction of sp³-hybridized carbons (Fsp3) is 0. The average molecular weight is 335 g/mol. The largest absolute Gasteiger partial charge is 0.478 e. The highest BCUT2D eigenvalue weighted by Gasteiger charge is 2.13. The number of carbonyl (C=O) groups is 3. The van der Waals surface area contributed by atoms with Crippen LogP contribution in [0.15, 0.2) is 42.5 Å². The van der Waals surface area contributed by atoms with Gasteiger partial charge >= 0.3 is 18.0 Å². The molecule has 0 aromatic heterocycles. The lowest BCUT2D eigenvalue weighted by Crippen LogP contribution is -2.20. The van der Waals surface area contributed by atoms with Crippen molar-refractivity contribution in [3.63, 3.8) is 0 Å². The summed E-state index contributed by atoms with van der Waals surface area (Å²) in [5.41, 5.74) is 0.0342. The number of nitrogens with one attached hydrogen (secondary N) is 2. The van der Waals surface area contributed by atoms with Gasteiger partial charge in [0, 0.05) is 16.4 Å². The summed E-state index contributed by atoms with van der Waals surface area (Å²) >= 11 is 5.73. The van der Waals surface area contributed by atoms with E-state index in [4.69, 9.17) is 21.8 Å². The molecular formula is C15H11ClN2O5. The van der Waals surface area contributed by atoms with Gasteiger partial charge in [-0.25, -0.2) is 14.4 Å². The summed E-state index contributed by atoms with van der Waals surface area (Å²) in [4.78, 5) is 33.9. The third-order valence-electron chi connectivity index (χ3n) is 2.79. The van der Waals surface area contributed by atoms with Crippen LogP contribution < -0.4 is 10.6 Å². The molecule has 0 saturated carbocycles. The normalized spacial score (nSPS) is 9.96. The maximum Gasteiger partial charge on any atom is 0.335 e. The number of halogens is 1. The Kier molecular flexibility index (Phi) is 4.82. The van der Waals surface area contributed by atoms with Gasteiger partial charge in [0.2, 0.25) is 0 Å². The van der Waals surface area contributed by atoms with E-state index in [0.717, 1.165) is 18.2 Å². The van der Waals surface area contributed by atoms with Crippen molar-refractivity contribution in [3.8, 4) is 0 Å². The fourth-order valence-electron chi connectivity index (χ4n) is 1.77. The van der Waals surface area contributed by atoms with Gasteiger partial charge in [-0.15, -0.1) is 0 Å². The van der Waals surface area contributed by atoms with Crippen LogP contribution in [0.1, 0.15) is 20.7 Å². The van der Waals surface area contributed by atoms with E-state index >= 15 is 0 Å². The molecule has 2 amide bonds. The SMILES string of the molecule is O=C(Nc1ccc(Cl)cc1)Nc1cc(C(=O)O)cc(C(=O)O)c1. The first kappa shape index (κ1) is 16.3. The van der Waals surface area contributed by atoms with E-state index in [2.05, 4.69) is 10.6 Å². The zero-order chi connectivity index (χ0) is 17.0. The molecule has 0 heterocycles. The van der Waals surface area contributed by atoms with Gasteiger partial charge in [-0.3, -0.25) is 0 Å². The Bertz CT molecular complexity index is 742. The van der Waals surface area contributed by atoms with E-state index in [1.807, 2.05) is 0 Å². The number of anilines is 2. The molecule has 7 nitrogen and oxygen atoms in total. The summed E-state index contributed by atoms with van der Waals surface area (Å²) in [6.07, 6.45) is 0. The molecule has 2 aromatic rings. The second-order valence-corrected chi connectivity index (χ2v) is 4.93. The number of carbonyl (C=O) groups excluding carboxylic acids is 1. The Labute approximate surface area is 135 Å². The Morgan fingerprint density at radius 2 is 1.26 bits per heavy atom. The highest BCUT2D eigenvalue weighted by atomic mass is 35.5. The van der Waals surface area contributed by atoms with Crippen LogP contribution in [0.25, 0.3) is 0 Å². The Balaban J connectivity index is 2.18. The number of benzene rings is 2. The molecule has 0 aliphatic heterocycles. The van der Waals surface area contributed by atoms with E-state index in [0.29, 0.717) is 10.7 Å². The summed E-state index contributed by atoms with van der Waals surface area (Å²) in [6, 6.07) is 9.02. The van der Waals surface area contributed by atoms with Crippen LogP contribution in [0.4, 0.5) is 16.2 Å². The Morgan fingerprint density at radius 1 is 0.783 bits per heavy atom. The number of hydrogen-bond donors (Lipinski definition) is 4. The fourth-order valence-corrected chi connectivity index (χ4v) is 1.90. The maximum absolute atomic E-state index is 11.9. The molecule has 2 aromatic carbocycles. The summed E-state index contributed by atoms with van der Waals surface area (Å²) in [7, 11) is 0. The highest BCUT2D eigenvalue weighted by molar-refractivity contribution is 6.30. The summed E-state index contributed by atoms with van der Waals surface area (Å²) in [6.45, 7) is 0. The highest BCUT2D eigenvalue weighted by Crippen LogP contribution is 2.17. The smallest absolute Gasteiger partial charge is 0.335 e. The van der Waals surface area contributed by atoms with Crippen LogP contribution in [0.2, 0.25) is 5.02 Å². The van der Waals surface area contributed by atoms with E-state index < -0.39 is 18.0 Å². The Hall–Kier alpha value is -3.06. The first-order valence-electron chi connectivity index (χ1n) is 6.30. The molecule has 0 bridgehead atoms. The van der Waals surface area contributed by atoms with Crippen LogP contribution >= 0.6 is 11.6 Å². The number of carboxylic acid groups (broad SMARTS) is 2. The van der Waals surface area contributed by atoms with Crippen molar-refractivity contribution >= 4 is 40.9 Å². The molecule has 0 radical (unpaired) electrons. The zero-order valence-corrected chi connectivity index (χ0v) is 12.3. The number of rotatable bonds is 4. The molecular weight excluding hydrogens is 324 g/mol. The van der Waals surface area contributed by atoms with Gasteiger partial charge in [-0.1, -0.05) is 11.6 Å². The van der Waals surface area contributed by atoms with Gasteiger partial charge in [0.15, 0.2) is 0 Å². The quantitative estimate of drug-likeness (QED) is 0.684. The third-order valence-corrected chi connectivity index (χ3v) is 3.04. The molecule has 8 heteroatoms. The van der Waals surface area contributed by atoms with E-state index in [1.54, 1.807) is 24.3 Å². The number of hydrogen-bond acceptors (Lipinski definition) is 3. The molecule has 4 N–H and O–H groups in total. The lowest BCUT2D eigenvalue weighted by Gasteiger charge is -2.09. The standard InChI is InChI=1S/C15H11ClN2O5/c16-10-1-3-11(4-2-10)17-15(23)18-12-6-8(13(19)20)5-9(7-12)14(21)22/h1-7H,(H,19,20)(H,21,22)(H2,17,18,23). The van der Waals surface area contributed by atoms with Gasteiger partial charge in [0.1, 0.15) is 0 Å². The molecule has 23 heavy (non-hydrogen) atoms. The van der Waals surface area contributed by atoms with Crippen molar-refractivity contribution in [3.05, 3.63) is 58.6 Å². The molecule has 2 rings (SSSR count). The molecule has 0 fully saturated rings. The first-order chi connectivity index (χ1) is 10.8. The van der Waals surface area contributed by atoms with E-state index in [9.17, 15) is 14.4 Å². The molecule has 0 atom stereocenters. The first-order valence-corrected chi connectivity index (χ1v) is 6.68. The topological polar surface area (TPSA) is 116 Å². The van der Waals surface area contributed by atoms with Crippen molar-refractivity contribution in [1.29, 1.82) is 0 Å². The average Bonchev–Trinajstić information content (AvgIpc) is 2.49. The van der Waals surface area contributed by atoms with Crippen LogP contribution in [0.3, 0.4) is 0 Å². The van der Waals surface area contributed by atoms with Gasteiger partial charge in [-0.05, 0) is 42.5 Å². The van der Waals surface area contributed by atoms with Crippen molar-refractivity contribution in [1.82, 2.24) is 0 Å². The molecule has 0 saturated heterocycles. The predicted molar refractivity (Wildman–Crippen MR) is 84.5 cm³/mol. The number of carboxylic acids is 2. The van der Waals surface area contributed by atoms with Gasteiger partial charge < -0.3 is 20.8 Å². The van der Waals surface area contributed by atoms with Crippen LogP contribution in [0.5, 0.6) is 0 Å². The van der Waals surface area contributed by atoms with Crippen molar-refractivity contribution in [2.75, 3.05) is 10.6 Å². The van der Waals surface area contributed by atoms with E-state index in [1.165, 1.54) is 0 Å². The molecule has 0 unspecified atom stereocenters. The third kappa shape index (κ3) is 4.45. The predicted octanol–water partition coefficient (Wildman–Crippen LogP) is 3.38. The molecule has 0 spiro atoms. The zero-order valence-electron chi connectivity index (χ0n) is 11.5. The lowest BCUT2D eigenvalue weighted by atomic mass is 10.1. The van der Waals surface area contributed by atoms with Crippen LogP contribution in [-0.2, 0) is 0 Å². The molecule has 118 valence electrons. The van der Waals surface area contributed by atoms with Gasteiger partial charge in [0.05, 0.1) is 11.1 Å². The molecule has 0 aliphatic rings. The maximum atomic E-state index is 11.9. The summed E-state index contributed by atoms with van der Waals surface area (Å²) in [5.74, 6) is -2.59. The summed E-state index contributed by atoms with van der Waals surface area (Å²) in [5, 5.41) is 23.4. The second kappa shape index (κ2) is 6.80. The number of amides is 2. The van der Waals surface area contributed by atoms with E-state index in [-0.39, 0.29) is 16.8 Å². The van der Waals surface area contributed by atoms with Crippen LogP contribution in [-0.4, -0.2) is 28.2 Å². The van der Waals surface area contributed by atoms with Crippen molar-refractivity contribution in [2.45, 2.75) is 0 Å². The second-order valence-electron chi connectivity index (χ2n) is 4.50. The van der Waals surface area contributed by atoms with Crippen molar-refractivity contribution in [2.24, 2.45) is 0 Å². The monoisotopic (exact) mass is 334 g/mol. The summed E-state index contributed by atoms with van der Waals surface area (Å²) < 4.78 is 0. The minimum atomic E-state index is -1.30. The minimum Gasteiger partial charge on any atom is -0.478 e. The van der Waals surface area contributed by atoms with Crippen LogP contribution in [0, 0.1) is 0 Å². The molecule has 0 aliphatic carbocycles. The number of aromatic carboxylic acids is 2. The number of urea groups is 1. The Morgan fingerprint density at radius 3 is 1.74 bits per heavy atom. The lowest BCUT2D eigenvalue weighted by molar-refractivity contribution is 0.0696. The van der Waals surface area contributed by atoms with Gasteiger partial charge in [0.25, 0.3) is 0 Å².